The van der Waals surface area contributed by atoms with Gasteiger partial charge in [-0.05, 0) is 36.2 Å². The molecule has 0 radical (unpaired) electrons. The van der Waals surface area contributed by atoms with Crippen molar-refractivity contribution in [1.82, 2.24) is 4.90 Å². The van der Waals surface area contributed by atoms with Gasteiger partial charge in [-0.15, -0.1) is 11.3 Å². The minimum atomic E-state index is -3.18. The number of anilines is 1. The lowest BCUT2D eigenvalue weighted by Crippen LogP contribution is -2.40. The molecule has 1 amide bonds. The van der Waals surface area contributed by atoms with Gasteiger partial charge in [0.1, 0.15) is 4.88 Å². The Morgan fingerprint density at radius 2 is 1.81 bits per heavy atom. The van der Waals surface area contributed by atoms with Gasteiger partial charge in [-0.1, -0.05) is 46.9 Å². The lowest BCUT2D eigenvalue weighted by Gasteiger charge is -2.28. The van der Waals surface area contributed by atoms with Crippen LogP contribution in [0, 0.1) is 0 Å². The summed E-state index contributed by atoms with van der Waals surface area (Å²) in [6.07, 6.45) is 0.402. The molecule has 10 heteroatoms. The monoisotopic (exact) mass is 530 g/mol. The first-order valence-corrected chi connectivity index (χ1v) is 13.7. The topological polar surface area (TPSA) is 57.7 Å². The van der Waals surface area contributed by atoms with Crippen LogP contribution in [0.4, 0.5) is 5.69 Å². The molecular formula is C22H21Cl3N2O3S2. The summed E-state index contributed by atoms with van der Waals surface area (Å²) in [5.41, 5.74) is 1.95. The van der Waals surface area contributed by atoms with Gasteiger partial charge in [-0.25, -0.2) is 8.42 Å². The van der Waals surface area contributed by atoms with E-state index in [-0.39, 0.29) is 29.0 Å². The third kappa shape index (κ3) is 4.73. The van der Waals surface area contributed by atoms with Gasteiger partial charge in [0.25, 0.3) is 5.91 Å². The summed E-state index contributed by atoms with van der Waals surface area (Å²) >= 11 is 20.3. The normalized spacial score (nSPS) is 17.6. The number of carbonyl (C=O) groups excluding carboxylic acids is 1. The lowest BCUT2D eigenvalue weighted by atomic mass is 10.1. The second kappa shape index (κ2) is 9.03. The van der Waals surface area contributed by atoms with Crippen molar-refractivity contribution in [2.24, 2.45) is 0 Å². The van der Waals surface area contributed by atoms with Gasteiger partial charge in [0.15, 0.2) is 9.84 Å². The zero-order valence-electron chi connectivity index (χ0n) is 17.4. The van der Waals surface area contributed by atoms with E-state index in [1.807, 2.05) is 43.3 Å². The molecule has 0 bridgehead atoms. The van der Waals surface area contributed by atoms with E-state index in [2.05, 4.69) is 0 Å². The van der Waals surface area contributed by atoms with Crippen molar-refractivity contribution >= 4 is 77.7 Å². The van der Waals surface area contributed by atoms with Crippen molar-refractivity contribution in [2.45, 2.75) is 19.0 Å². The highest BCUT2D eigenvalue weighted by molar-refractivity contribution is 7.91. The van der Waals surface area contributed by atoms with Gasteiger partial charge in [-0.3, -0.25) is 4.79 Å². The van der Waals surface area contributed by atoms with E-state index in [0.29, 0.717) is 31.4 Å². The van der Waals surface area contributed by atoms with E-state index in [0.717, 1.165) is 11.3 Å². The second-order valence-corrected chi connectivity index (χ2v) is 12.6. The maximum absolute atomic E-state index is 13.7. The molecule has 32 heavy (non-hydrogen) atoms. The smallest absolute Gasteiger partial charge is 0.266 e. The third-order valence-corrected chi connectivity index (χ3v) is 9.44. The van der Waals surface area contributed by atoms with Crippen molar-refractivity contribution in [3.63, 3.8) is 0 Å². The number of halogens is 3. The Kier molecular flexibility index (Phi) is 6.67. The van der Waals surface area contributed by atoms with E-state index < -0.39 is 15.9 Å². The zero-order chi connectivity index (χ0) is 23.2. The van der Waals surface area contributed by atoms with Crippen LogP contribution in [-0.2, 0) is 16.4 Å². The molecule has 2 heterocycles. The fourth-order valence-corrected chi connectivity index (χ4v) is 7.92. The Hall–Kier alpha value is -1.51. The molecule has 1 atom stereocenters. The number of thiophene rings is 1. The number of sulfone groups is 1. The molecular weight excluding hydrogens is 511 g/mol. The van der Waals surface area contributed by atoms with E-state index in [1.54, 1.807) is 17.0 Å². The Morgan fingerprint density at radius 3 is 2.41 bits per heavy atom. The Bertz CT molecular complexity index is 1290. The van der Waals surface area contributed by atoms with Crippen molar-refractivity contribution in [3.8, 4) is 0 Å². The predicted octanol–water partition coefficient (Wildman–Crippen LogP) is 5.76. The van der Waals surface area contributed by atoms with Crippen LogP contribution in [-0.4, -0.2) is 50.9 Å². The quantitative estimate of drug-likeness (QED) is 0.420. The summed E-state index contributed by atoms with van der Waals surface area (Å²) in [7, 11) is 0.725. The SMILES string of the molecule is CN(C)c1ccc(CN(C(=O)c2sc3cc(Cl)cc(Cl)c3c2Cl)C2CCS(=O)(=O)C2)cc1. The number of carbonyl (C=O) groups is 1. The molecule has 3 aromatic rings. The maximum atomic E-state index is 13.7. The van der Waals surface area contributed by atoms with E-state index in [1.165, 1.54) is 11.3 Å². The molecule has 0 aliphatic carbocycles. The molecule has 5 nitrogen and oxygen atoms in total. The largest absolute Gasteiger partial charge is 0.378 e. The number of rotatable bonds is 5. The predicted molar refractivity (Wildman–Crippen MR) is 135 cm³/mol. The minimum absolute atomic E-state index is 0.0520. The van der Waals surface area contributed by atoms with Crippen LogP contribution in [0.1, 0.15) is 21.7 Å². The van der Waals surface area contributed by atoms with Crippen molar-refractivity contribution < 1.29 is 13.2 Å². The van der Waals surface area contributed by atoms with Crippen LogP contribution in [0.25, 0.3) is 10.1 Å². The first-order valence-electron chi connectivity index (χ1n) is 9.90. The molecule has 1 unspecified atom stereocenters. The summed E-state index contributed by atoms with van der Waals surface area (Å²) in [4.78, 5) is 17.6. The van der Waals surface area contributed by atoms with Crippen molar-refractivity contribution in [1.29, 1.82) is 0 Å². The van der Waals surface area contributed by atoms with Crippen LogP contribution in [0.3, 0.4) is 0 Å². The molecule has 1 fully saturated rings. The molecule has 2 aromatic carbocycles. The number of amides is 1. The highest BCUT2D eigenvalue weighted by Crippen LogP contribution is 2.42. The highest BCUT2D eigenvalue weighted by atomic mass is 35.5. The third-order valence-electron chi connectivity index (χ3n) is 5.56. The number of nitrogens with zero attached hydrogens (tertiary/aromatic N) is 2. The van der Waals surface area contributed by atoms with E-state index in [4.69, 9.17) is 34.8 Å². The van der Waals surface area contributed by atoms with Gasteiger partial charge in [0.05, 0.1) is 21.6 Å². The van der Waals surface area contributed by atoms with Gasteiger partial charge >= 0.3 is 0 Å². The summed E-state index contributed by atoms with van der Waals surface area (Å²) in [6, 6.07) is 10.7. The summed E-state index contributed by atoms with van der Waals surface area (Å²) in [6.45, 7) is 0.284. The molecule has 1 aromatic heterocycles. The van der Waals surface area contributed by atoms with E-state index >= 15 is 0 Å². The first kappa shape index (κ1) is 23.6. The fraction of sp³-hybridized carbons (Fsp3) is 0.318. The summed E-state index contributed by atoms with van der Waals surface area (Å²) in [5, 5.41) is 1.69. The molecule has 0 saturated carbocycles. The van der Waals surface area contributed by atoms with Crippen LogP contribution in [0.15, 0.2) is 36.4 Å². The van der Waals surface area contributed by atoms with Crippen LogP contribution in [0.5, 0.6) is 0 Å². The molecule has 1 aliphatic heterocycles. The van der Waals surface area contributed by atoms with Crippen LogP contribution >= 0.6 is 46.1 Å². The average molecular weight is 532 g/mol. The molecule has 1 aliphatic rings. The van der Waals surface area contributed by atoms with Crippen LogP contribution < -0.4 is 4.90 Å². The van der Waals surface area contributed by atoms with E-state index in [9.17, 15) is 13.2 Å². The van der Waals surface area contributed by atoms with Crippen molar-refractivity contribution in [2.75, 3.05) is 30.5 Å². The number of hydrogen-bond acceptors (Lipinski definition) is 5. The minimum Gasteiger partial charge on any atom is -0.378 e. The Morgan fingerprint density at radius 1 is 1.12 bits per heavy atom. The second-order valence-electron chi connectivity index (χ2n) is 8.06. The van der Waals surface area contributed by atoms with Crippen molar-refractivity contribution in [3.05, 3.63) is 61.9 Å². The zero-order valence-corrected chi connectivity index (χ0v) is 21.3. The fourth-order valence-electron chi connectivity index (χ4n) is 3.86. The number of fused-ring (bicyclic) bond motifs is 1. The molecule has 4 rings (SSSR count). The summed E-state index contributed by atoms with van der Waals surface area (Å²) in [5.74, 6) is -0.283. The Labute approximate surface area is 206 Å². The van der Waals surface area contributed by atoms with Crippen LogP contribution in [0.2, 0.25) is 15.1 Å². The maximum Gasteiger partial charge on any atom is 0.266 e. The average Bonchev–Trinajstić information content (AvgIpc) is 3.25. The Balaban J connectivity index is 1.73. The molecule has 1 saturated heterocycles. The molecule has 170 valence electrons. The number of benzene rings is 2. The lowest BCUT2D eigenvalue weighted by molar-refractivity contribution is 0.0686. The molecule has 0 spiro atoms. The standard InChI is InChI=1S/C22H21Cl3N2O3S2/c1-26(2)15-5-3-13(4-6-15)11-27(16-7-8-32(29,30)12-16)22(28)21-20(25)19-17(24)9-14(23)10-18(19)31-21/h3-6,9-10,16H,7-8,11-12H2,1-2H3. The van der Waals surface area contributed by atoms with Gasteiger partial charge in [0.2, 0.25) is 0 Å². The summed E-state index contributed by atoms with van der Waals surface area (Å²) < 4.78 is 25.0. The van der Waals surface area contributed by atoms with Gasteiger partial charge in [-0.2, -0.15) is 0 Å². The number of hydrogen-bond donors (Lipinski definition) is 0. The molecule has 0 N–H and O–H groups in total. The van der Waals surface area contributed by atoms with Gasteiger partial charge in [0, 0.05) is 47.5 Å². The first-order chi connectivity index (χ1) is 15.1. The van der Waals surface area contributed by atoms with Gasteiger partial charge < -0.3 is 9.80 Å². The highest BCUT2D eigenvalue weighted by Gasteiger charge is 2.36.